The van der Waals surface area contributed by atoms with E-state index in [1.54, 1.807) is 16.8 Å². The molecule has 4 N–H and O–H groups in total. The van der Waals surface area contributed by atoms with Gasteiger partial charge in [-0.2, -0.15) is 9.61 Å². The third-order valence-corrected chi connectivity index (χ3v) is 7.97. The summed E-state index contributed by atoms with van der Waals surface area (Å²) in [5, 5.41) is 18.2. The van der Waals surface area contributed by atoms with Crippen LogP contribution in [0.3, 0.4) is 0 Å². The molecule has 1 amide bonds. The molecular weight excluding hydrogens is 492 g/mol. The first-order valence-corrected chi connectivity index (χ1v) is 13.4. The molecule has 1 aliphatic heterocycles. The Labute approximate surface area is 215 Å². The van der Waals surface area contributed by atoms with Gasteiger partial charge in [-0.1, -0.05) is 6.92 Å². The second-order valence-electron chi connectivity index (χ2n) is 9.48. The molecule has 2 fully saturated rings. The number of aromatic amines is 2. The van der Waals surface area contributed by atoms with Gasteiger partial charge in [0.25, 0.3) is 5.91 Å². The number of carbonyl (C=O) groups is 1. The van der Waals surface area contributed by atoms with Gasteiger partial charge in [0, 0.05) is 23.9 Å². The van der Waals surface area contributed by atoms with Crippen LogP contribution in [-0.4, -0.2) is 72.2 Å². The predicted molar refractivity (Wildman–Crippen MR) is 139 cm³/mol. The highest BCUT2D eigenvalue weighted by atomic mass is 32.1. The summed E-state index contributed by atoms with van der Waals surface area (Å²) in [7, 11) is 0. The molecule has 4 aromatic heterocycles. The van der Waals surface area contributed by atoms with Crippen molar-refractivity contribution in [3.8, 4) is 16.5 Å². The fourth-order valence-electron chi connectivity index (χ4n) is 4.76. The van der Waals surface area contributed by atoms with Crippen LogP contribution in [0.2, 0.25) is 0 Å². The van der Waals surface area contributed by atoms with E-state index in [1.165, 1.54) is 17.8 Å². The zero-order valence-electron chi connectivity index (χ0n) is 20.4. The van der Waals surface area contributed by atoms with Crippen LogP contribution in [0.15, 0.2) is 34.2 Å². The summed E-state index contributed by atoms with van der Waals surface area (Å²) < 4.78 is 1.66. The van der Waals surface area contributed by atoms with Gasteiger partial charge in [0.05, 0.1) is 27.7 Å². The van der Waals surface area contributed by atoms with E-state index in [4.69, 9.17) is 9.98 Å². The molecule has 1 saturated carbocycles. The predicted octanol–water partition coefficient (Wildman–Crippen LogP) is 1.00. The summed E-state index contributed by atoms with van der Waals surface area (Å²) in [4.78, 5) is 42.8. The number of carbonyl (C=O) groups excluding carboxylic acids is 1. The Bertz CT molecular complexity index is 1640. The Kier molecular flexibility index (Phi) is 6.13. The minimum atomic E-state index is -0.502. The number of fused-ring (bicyclic) bond motifs is 1. The Morgan fingerprint density at radius 2 is 2.19 bits per heavy atom. The lowest BCUT2D eigenvalue weighted by Gasteiger charge is -2.22. The number of H-pyrrole nitrogens is 2. The van der Waals surface area contributed by atoms with Crippen molar-refractivity contribution < 1.29 is 9.90 Å². The molecule has 4 aromatic rings. The average molecular weight is 521 g/mol. The van der Waals surface area contributed by atoms with E-state index in [9.17, 15) is 14.7 Å². The van der Waals surface area contributed by atoms with Gasteiger partial charge in [0.2, 0.25) is 5.88 Å². The molecule has 6 rings (SSSR count). The zero-order valence-corrected chi connectivity index (χ0v) is 21.2. The third kappa shape index (κ3) is 4.81. The SMILES string of the molecule is CCN1CCCC1CNC(=O)c1ccc(-c2cc(=NC3CC3)n3nc/c(=C\c4[nH]c(=O)[nH]c4O)c3n2)s1. The molecular formula is C25H28N8O3S. The molecule has 37 heavy (non-hydrogen) atoms. The maximum atomic E-state index is 12.9. The lowest BCUT2D eigenvalue weighted by atomic mass is 10.2. The molecule has 192 valence electrons. The number of imidazole rings is 1. The maximum absolute atomic E-state index is 12.9. The molecule has 1 saturated heterocycles. The van der Waals surface area contributed by atoms with Gasteiger partial charge >= 0.3 is 5.69 Å². The second-order valence-corrected chi connectivity index (χ2v) is 10.6. The Morgan fingerprint density at radius 3 is 2.95 bits per heavy atom. The monoisotopic (exact) mass is 520 g/mol. The third-order valence-electron chi connectivity index (χ3n) is 6.86. The first-order chi connectivity index (χ1) is 18.0. The molecule has 1 aliphatic carbocycles. The lowest BCUT2D eigenvalue weighted by molar-refractivity contribution is 0.0945. The highest BCUT2D eigenvalue weighted by Gasteiger charge is 2.24. The summed E-state index contributed by atoms with van der Waals surface area (Å²) in [5.41, 5.74) is 1.64. The Hall–Kier alpha value is -3.77. The lowest BCUT2D eigenvalue weighted by Crippen LogP contribution is -2.39. The summed E-state index contributed by atoms with van der Waals surface area (Å²) in [6.45, 7) is 4.90. The van der Waals surface area contributed by atoms with Gasteiger partial charge in [0.1, 0.15) is 5.69 Å². The molecule has 2 aliphatic rings. The van der Waals surface area contributed by atoms with Crippen LogP contribution in [0.5, 0.6) is 5.88 Å². The number of aromatic nitrogens is 5. The summed E-state index contributed by atoms with van der Waals surface area (Å²) in [5.74, 6) is -0.328. The van der Waals surface area contributed by atoms with Crippen molar-refractivity contribution in [3.63, 3.8) is 0 Å². The van der Waals surface area contributed by atoms with E-state index in [0.717, 1.165) is 37.2 Å². The van der Waals surface area contributed by atoms with Crippen molar-refractivity contribution in [2.75, 3.05) is 19.6 Å². The molecule has 11 nitrogen and oxygen atoms in total. The van der Waals surface area contributed by atoms with Crippen LogP contribution in [0.1, 0.15) is 48.0 Å². The maximum Gasteiger partial charge on any atom is 0.326 e. The van der Waals surface area contributed by atoms with Crippen molar-refractivity contribution in [1.82, 2.24) is 34.8 Å². The molecule has 1 unspecified atom stereocenters. The minimum Gasteiger partial charge on any atom is -0.493 e. The van der Waals surface area contributed by atoms with Crippen molar-refractivity contribution in [2.24, 2.45) is 4.99 Å². The summed E-state index contributed by atoms with van der Waals surface area (Å²) in [6, 6.07) is 6.29. The summed E-state index contributed by atoms with van der Waals surface area (Å²) >= 11 is 1.39. The van der Waals surface area contributed by atoms with E-state index in [0.29, 0.717) is 39.5 Å². The Morgan fingerprint density at radius 1 is 1.32 bits per heavy atom. The van der Waals surface area contributed by atoms with E-state index in [1.807, 2.05) is 18.2 Å². The second kappa shape index (κ2) is 9.60. The number of nitrogens with one attached hydrogen (secondary N) is 3. The van der Waals surface area contributed by atoms with Gasteiger partial charge in [-0.05, 0) is 57.0 Å². The first-order valence-electron chi connectivity index (χ1n) is 12.6. The molecule has 5 heterocycles. The number of nitrogens with zero attached hydrogens (tertiary/aromatic N) is 5. The van der Waals surface area contributed by atoms with Gasteiger partial charge in [-0.15, -0.1) is 11.3 Å². The first kappa shape index (κ1) is 23.6. The van der Waals surface area contributed by atoms with Crippen molar-refractivity contribution in [1.29, 1.82) is 0 Å². The van der Waals surface area contributed by atoms with Crippen LogP contribution in [-0.2, 0) is 0 Å². The molecule has 0 bridgehead atoms. The average Bonchev–Trinajstić information content (AvgIpc) is 3.28. The molecule has 12 heteroatoms. The number of hydrogen-bond acceptors (Lipinski definition) is 8. The molecule has 0 radical (unpaired) electrons. The van der Waals surface area contributed by atoms with E-state index in [-0.39, 0.29) is 23.5 Å². The van der Waals surface area contributed by atoms with Gasteiger partial charge in [0.15, 0.2) is 11.1 Å². The van der Waals surface area contributed by atoms with Gasteiger partial charge < -0.3 is 15.4 Å². The number of amides is 1. The molecule has 0 spiro atoms. The van der Waals surface area contributed by atoms with E-state index >= 15 is 0 Å². The van der Waals surface area contributed by atoms with Crippen molar-refractivity contribution in [3.05, 3.63) is 56.2 Å². The number of likely N-dealkylation sites (N-methyl/N-ethyl adjacent to an activating group) is 1. The van der Waals surface area contributed by atoms with Gasteiger partial charge in [-0.25, -0.2) is 9.78 Å². The number of thiophene rings is 1. The molecule has 1 atom stereocenters. The van der Waals surface area contributed by atoms with Crippen molar-refractivity contribution >= 4 is 29.0 Å². The standard InChI is InChI=1S/C25H28N8O3S/c1-2-32-9-3-4-16(32)13-26-24(35)20-8-7-19(37-20)17-11-21(28-15-5-6-15)33-22(29-17)14(12-27-33)10-18-23(34)31-25(36)30-18/h7-8,10-12,15-16,34H,2-6,9,13H2,1H3,(H,26,35)(H2,30,31,36)/b14-10+,28-21?. The highest BCUT2D eigenvalue weighted by molar-refractivity contribution is 7.17. The Balaban J connectivity index is 1.33. The van der Waals surface area contributed by atoms with E-state index in [2.05, 4.69) is 32.2 Å². The topological polar surface area (TPSA) is 144 Å². The zero-order chi connectivity index (χ0) is 25.5. The minimum absolute atomic E-state index is 0.0755. The van der Waals surface area contributed by atoms with Gasteiger partial charge in [-0.3, -0.25) is 19.7 Å². The molecule has 0 aromatic carbocycles. The van der Waals surface area contributed by atoms with E-state index < -0.39 is 5.69 Å². The van der Waals surface area contributed by atoms with Crippen molar-refractivity contribution in [2.45, 2.75) is 44.7 Å². The fourth-order valence-corrected chi connectivity index (χ4v) is 5.64. The highest BCUT2D eigenvalue weighted by Crippen LogP contribution is 2.27. The quantitative estimate of drug-likeness (QED) is 0.286. The van der Waals surface area contributed by atoms with Crippen LogP contribution >= 0.6 is 11.3 Å². The number of aromatic hydroxyl groups is 1. The van der Waals surface area contributed by atoms with Crippen LogP contribution in [0, 0.1) is 0 Å². The fraction of sp³-hybridized carbons (Fsp3) is 0.400. The normalized spacial score (nSPS) is 19.3. The van der Waals surface area contributed by atoms with Crippen LogP contribution in [0.25, 0.3) is 22.3 Å². The number of rotatable bonds is 7. The number of likely N-dealkylation sites (tertiary alicyclic amines) is 1. The van der Waals surface area contributed by atoms with Crippen LogP contribution < -0.4 is 21.7 Å². The number of hydrogen-bond donors (Lipinski definition) is 4. The largest absolute Gasteiger partial charge is 0.493 e. The van der Waals surface area contributed by atoms with Crippen LogP contribution in [0.4, 0.5) is 0 Å². The smallest absolute Gasteiger partial charge is 0.326 e. The summed E-state index contributed by atoms with van der Waals surface area (Å²) in [6.07, 6.45) is 7.60.